The van der Waals surface area contributed by atoms with Crippen LogP contribution in [0, 0.1) is 24.2 Å². The Balaban J connectivity index is 1.66. The highest BCUT2D eigenvalue weighted by Gasteiger charge is 2.43. The van der Waals surface area contributed by atoms with Crippen LogP contribution in [0.5, 0.6) is 11.5 Å². The number of nitrogens with one attached hydrogen (secondary N) is 4. The van der Waals surface area contributed by atoms with Gasteiger partial charge in [-0.25, -0.2) is 14.6 Å². The highest BCUT2D eigenvalue weighted by molar-refractivity contribution is 5.86. The summed E-state index contributed by atoms with van der Waals surface area (Å²) in [4.78, 5) is 59.4. The summed E-state index contributed by atoms with van der Waals surface area (Å²) >= 11 is 0. The maximum absolute atomic E-state index is 14.6. The molecule has 0 saturated carbocycles. The number of pyridine rings is 1. The van der Waals surface area contributed by atoms with Gasteiger partial charge in [0.2, 0.25) is 5.91 Å². The van der Waals surface area contributed by atoms with Gasteiger partial charge in [0.05, 0.1) is 43.5 Å². The van der Waals surface area contributed by atoms with E-state index in [2.05, 4.69) is 26.4 Å². The lowest BCUT2D eigenvalue weighted by Gasteiger charge is -2.36. The van der Waals surface area contributed by atoms with Crippen molar-refractivity contribution in [1.29, 1.82) is 0 Å². The van der Waals surface area contributed by atoms with E-state index in [4.69, 9.17) is 4.74 Å². The summed E-state index contributed by atoms with van der Waals surface area (Å²) in [5, 5.41) is 41.6. The number of aromatic hydroxyl groups is 1. The van der Waals surface area contributed by atoms with Gasteiger partial charge in [-0.2, -0.15) is 0 Å². The van der Waals surface area contributed by atoms with Crippen molar-refractivity contribution in [2.75, 3.05) is 20.2 Å². The van der Waals surface area contributed by atoms with Gasteiger partial charge in [-0.3, -0.25) is 20.0 Å². The van der Waals surface area contributed by atoms with Crippen LogP contribution in [0.3, 0.4) is 0 Å². The molecule has 1 saturated heterocycles. The number of aryl methyl sites for hydroxylation is 1. The van der Waals surface area contributed by atoms with Crippen LogP contribution < -0.4 is 26.1 Å². The molecule has 7 N–H and O–H groups in total. The summed E-state index contributed by atoms with van der Waals surface area (Å²) < 4.78 is 5.29. The van der Waals surface area contributed by atoms with Crippen molar-refractivity contribution in [3.63, 3.8) is 0 Å². The number of aliphatic hydroxyl groups is 1. The normalized spacial score (nSPS) is 17.0. The topological polar surface area (TPSA) is 206 Å². The first-order chi connectivity index (χ1) is 26.5. The number of carbonyl (C=O) groups excluding carboxylic acids is 3. The predicted molar refractivity (Wildman–Crippen MR) is 210 cm³/mol. The van der Waals surface area contributed by atoms with Gasteiger partial charge in [-0.05, 0) is 60.1 Å². The zero-order valence-corrected chi connectivity index (χ0v) is 33.3. The second-order valence-corrected chi connectivity index (χ2v) is 15.5. The van der Waals surface area contributed by atoms with Gasteiger partial charge in [-0.1, -0.05) is 83.5 Å². The fraction of sp³-hybridized carbons (Fsp3) is 0.488. The van der Waals surface area contributed by atoms with E-state index in [0.717, 1.165) is 11.3 Å². The molecule has 1 aliphatic heterocycles. The standard InChI is InChI=1S/C41H57N7O8/c1-8-25(2)35(31-21-42-39(53)48(31)23-29-16-12-13-26(3)43-29)37(51)44-30(19-27-14-10-9-11-15-27)33(50)24-47(22-28-17-18-32(49)34(20-28)56-7)46-38(52)36(41(4,5)6)45-40(54)55/h9-18,20,25,30-31,33,35-36,45,49-50H,8,19,21-24H2,1-7H3,(H,42,53)(H,44,51)(H,46,52)(H,54,55)/t25-,30-,31?,33-,35-,36+/m0/s1. The lowest BCUT2D eigenvalue weighted by molar-refractivity contribution is -0.133. The van der Waals surface area contributed by atoms with E-state index < -0.39 is 47.6 Å². The summed E-state index contributed by atoms with van der Waals surface area (Å²) in [5.41, 5.74) is 4.95. The average molecular weight is 776 g/mol. The maximum atomic E-state index is 14.6. The quantitative estimate of drug-likeness (QED) is 0.0927. The number of aliphatic hydroxyl groups excluding tert-OH is 1. The van der Waals surface area contributed by atoms with E-state index in [0.29, 0.717) is 17.7 Å². The van der Waals surface area contributed by atoms with Gasteiger partial charge in [0.25, 0.3) is 5.91 Å². The van der Waals surface area contributed by atoms with Crippen LogP contribution in [0.25, 0.3) is 0 Å². The van der Waals surface area contributed by atoms with E-state index in [-0.39, 0.29) is 62.0 Å². The second-order valence-electron chi connectivity index (χ2n) is 15.5. The summed E-state index contributed by atoms with van der Waals surface area (Å²) in [6, 6.07) is 16.8. The van der Waals surface area contributed by atoms with Gasteiger partial charge >= 0.3 is 12.1 Å². The maximum Gasteiger partial charge on any atom is 0.405 e. The van der Waals surface area contributed by atoms with Gasteiger partial charge in [0.15, 0.2) is 11.5 Å². The van der Waals surface area contributed by atoms with Gasteiger partial charge < -0.3 is 40.9 Å². The molecule has 0 bridgehead atoms. The third kappa shape index (κ3) is 11.8. The number of amides is 5. The minimum absolute atomic E-state index is 0.0165. The number of aromatic nitrogens is 1. The van der Waals surface area contributed by atoms with Crippen LogP contribution in [0.4, 0.5) is 9.59 Å². The summed E-state index contributed by atoms with van der Waals surface area (Å²) in [6.45, 7) is 11.3. The highest BCUT2D eigenvalue weighted by Crippen LogP contribution is 2.29. The zero-order chi connectivity index (χ0) is 41.2. The summed E-state index contributed by atoms with van der Waals surface area (Å²) in [7, 11) is 1.41. The smallest absolute Gasteiger partial charge is 0.405 e. The van der Waals surface area contributed by atoms with Crippen LogP contribution in [-0.4, -0.2) is 98.6 Å². The minimum atomic E-state index is -1.37. The Morgan fingerprint density at radius 2 is 1.75 bits per heavy atom. The fourth-order valence-corrected chi connectivity index (χ4v) is 6.99. The Kier molecular flexibility index (Phi) is 15.0. The molecule has 5 amide bonds. The van der Waals surface area contributed by atoms with Crippen LogP contribution >= 0.6 is 0 Å². The van der Waals surface area contributed by atoms with E-state index in [1.54, 1.807) is 37.8 Å². The fourth-order valence-electron chi connectivity index (χ4n) is 6.99. The van der Waals surface area contributed by atoms with Gasteiger partial charge in [0.1, 0.15) is 6.04 Å². The Morgan fingerprint density at radius 3 is 2.38 bits per heavy atom. The van der Waals surface area contributed by atoms with Crippen molar-refractivity contribution < 1.29 is 39.2 Å². The molecule has 15 nitrogen and oxygen atoms in total. The largest absolute Gasteiger partial charge is 0.504 e. The molecule has 0 radical (unpaired) electrons. The third-order valence-corrected chi connectivity index (χ3v) is 10.2. The molecule has 4 rings (SSSR count). The number of ether oxygens (including phenoxy) is 1. The number of hydrogen-bond acceptors (Lipinski definition) is 9. The number of carboxylic acid groups (broad SMARTS) is 1. The molecule has 0 spiro atoms. The minimum Gasteiger partial charge on any atom is -0.504 e. The lowest BCUT2D eigenvalue weighted by Crippen LogP contribution is -2.59. The Hall–Kier alpha value is -5.41. The van der Waals surface area contributed by atoms with Crippen molar-refractivity contribution in [1.82, 2.24) is 36.3 Å². The molecule has 304 valence electrons. The number of rotatable bonds is 18. The number of phenolic OH excluding ortho intramolecular Hbond substituents is 1. The van der Waals surface area contributed by atoms with Crippen molar-refractivity contribution in [3.05, 3.63) is 89.2 Å². The van der Waals surface area contributed by atoms with Crippen LogP contribution in [0.15, 0.2) is 66.7 Å². The molecule has 2 aromatic carbocycles. The number of phenols is 1. The van der Waals surface area contributed by atoms with E-state index in [1.165, 1.54) is 18.2 Å². The Morgan fingerprint density at radius 1 is 1.04 bits per heavy atom. The van der Waals surface area contributed by atoms with Crippen LogP contribution in [-0.2, 0) is 29.1 Å². The van der Waals surface area contributed by atoms with Crippen LogP contribution in [0.2, 0.25) is 0 Å². The third-order valence-electron chi connectivity index (χ3n) is 10.2. The van der Waals surface area contributed by atoms with Crippen molar-refractivity contribution in [2.24, 2.45) is 17.3 Å². The number of urea groups is 1. The molecule has 3 aromatic rings. The molecule has 6 atom stereocenters. The van der Waals surface area contributed by atoms with E-state index >= 15 is 0 Å². The number of benzene rings is 2. The van der Waals surface area contributed by atoms with E-state index in [1.807, 2.05) is 69.3 Å². The van der Waals surface area contributed by atoms with Crippen LogP contribution in [0.1, 0.15) is 63.6 Å². The first-order valence-electron chi connectivity index (χ1n) is 18.9. The predicted octanol–water partition coefficient (Wildman–Crippen LogP) is 3.96. The molecule has 0 aliphatic carbocycles. The highest BCUT2D eigenvalue weighted by atomic mass is 16.5. The van der Waals surface area contributed by atoms with Gasteiger partial charge in [0, 0.05) is 25.3 Å². The van der Waals surface area contributed by atoms with Gasteiger partial charge in [-0.15, -0.1) is 0 Å². The molecule has 56 heavy (non-hydrogen) atoms. The monoisotopic (exact) mass is 775 g/mol. The average Bonchev–Trinajstić information content (AvgIpc) is 3.49. The zero-order valence-electron chi connectivity index (χ0n) is 33.3. The lowest BCUT2D eigenvalue weighted by atomic mass is 9.83. The number of hydrazine groups is 1. The molecular weight excluding hydrogens is 718 g/mol. The number of nitrogens with zero attached hydrogens (tertiary/aromatic N) is 3. The number of carbonyl (C=O) groups is 4. The number of methoxy groups -OCH3 is 1. The molecule has 15 heteroatoms. The summed E-state index contributed by atoms with van der Waals surface area (Å²) in [6.07, 6.45) is -1.75. The van der Waals surface area contributed by atoms with E-state index in [9.17, 15) is 34.5 Å². The Bertz CT molecular complexity index is 1800. The molecule has 1 aromatic heterocycles. The van der Waals surface area contributed by atoms with Crippen molar-refractivity contribution in [3.8, 4) is 11.5 Å². The molecule has 2 heterocycles. The summed E-state index contributed by atoms with van der Waals surface area (Å²) in [5.74, 6) is -1.66. The number of hydrogen-bond donors (Lipinski definition) is 7. The van der Waals surface area contributed by atoms with Crippen molar-refractivity contribution >= 4 is 23.9 Å². The second kappa shape index (κ2) is 19.4. The molecule has 1 aliphatic rings. The first-order valence-corrected chi connectivity index (χ1v) is 18.9. The first kappa shape index (κ1) is 43.3. The SMILES string of the molecule is CC[C@H](C)[C@H](C(=O)N[C@@H](Cc1ccccc1)[C@@H](O)CN(Cc1ccc(O)c(OC)c1)NC(=O)[C@@H](NC(=O)O)C(C)(C)C)C1CNC(=O)N1Cc1cccc(C)n1. The Labute approximate surface area is 328 Å². The van der Waals surface area contributed by atoms with Crippen molar-refractivity contribution in [2.45, 2.75) is 91.7 Å². The molecule has 1 unspecified atom stereocenters. The molecular formula is C41H57N7O8. The molecule has 1 fully saturated rings.